The second kappa shape index (κ2) is 7.77. The number of fused-ring (bicyclic) bond motifs is 2. The molecule has 5 rings (SSSR count). The molecule has 1 unspecified atom stereocenters. The minimum Gasteiger partial charge on any atom is -0.333 e. The summed E-state index contributed by atoms with van der Waals surface area (Å²) in [6, 6.07) is 30.7. The number of carbonyl (C=O) groups is 1. The first-order chi connectivity index (χ1) is 14.7. The van der Waals surface area contributed by atoms with Gasteiger partial charge in [0.1, 0.15) is 0 Å². The molecule has 0 radical (unpaired) electrons. The molecule has 0 saturated heterocycles. The van der Waals surface area contributed by atoms with E-state index in [2.05, 4.69) is 72.8 Å². The smallest absolute Gasteiger partial charge is 0.240 e. The number of rotatable bonds is 4. The first kappa shape index (κ1) is 18.6. The van der Waals surface area contributed by atoms with Crippen LogP contribution in [0.15, 0.2) is 91.0 Å². The molecule has 4 aromatic carbocycles. The van der Waals surface area contributed by atoms with E-state index in [1.807, 2.05) is 23.1 Å². The summed E-state index contributed by atoms with van der Waals surface area (Å²) in [5.74, 6) is 0.0161. The maximum absolute atomic E-state index is 13.0. The van der Waals surface area contributed by atoms with E-state index < -0.39 is 6.04 Å². The molecule has 0 aliphatic carbocycles. The van der Waals surface area contributed by atoms with Crippen molar-refractivity contribution in [3.63, 3.8) is 0 Å². The Balaban J connectivity index is 1.41. The van der Waals surface area contributed by atoms with Crippen molar-refractivity contribution in [3.05, 3.63) is 108 Å². The molecule has 0 saturated carbocycles. The predicted octanol–water partition coefficient (Wildman–Crippen LogP) is 4.92. The number of amides is 1. The van der Waals surface area contributed by atoms with Crippen LogP contribution in [0.5, 0.6) is 0 Å². The van der Waals surface area contributed by atoms with Crippen molar-refractivity contribution in [2.24, 2.45) is 5.73 Å². The van der Waals surface area contributed by atoms with Gasteiger partial charge in [0.25, 0.3) is 0 Å². The summed E-state index contributed by atoms with van der Waals surface area (Å²) in [4.78, 5) is 14.9. The summed E-state index contributed by atoms with van der Waals surface area (Å²) in [5.41, 5.74) is 12.4. The Morgan fingerprint density at radius 3 is 2.13 bits per heavy atom. The third kappa shape index (κ3) is 3.38. The average Bonchev–Trinajstić information content (AvgIpc) is 3.23. The van der Waals surface area contributed by atoms with Crippen LogP contribution in [0.1, 0.15) is 16.7 Å². The molecule has 1 heterocycles. The van der Waals surface area contributed by atoms with E-state index in [9.17, 15) is 4.79 Å². The zero-order valence-corrected chi connectivity index (χ0v) is 16.8. The SMILES string of the molecule is NC(Cc1cccc2c(-c3ccccc3)cccc12)C(=O)N1Cc2ccccc2C1. The lowest BCUT2D eigenvalue weighted by molar-refractivity contribution is -0.133. The molecule has 30 heavy (non-hydrogen) atoms. The standard InChI is InChI=1S/C27H24N2O/c28-26(27(30)29-17-21-10-4-5-11-22(21)18-29)16-20-12-6-15-25-23(13-7-14-24(20)25)19-8-2-1-3-9-19/h1-15,26H,16-18,28H2. The minimum atomic E-state index is -0.551. The zero-order valence-electron chi connectivity index (χ0n) is 16.8. The van der Waals surface area contributed by atoms with E-state index in [4.69, 9.17) is 5.73 Å². The number of nitrogens with two attached hydrogens (primary N) is 1. The highest BCUT2D eigenvalue weighted by molar-refractivity contribution is 5.98. The lowest BCUT2D eigenvalue weighted by Crippen LogP contribution is -2.42. The van der Waals surface area contributed by atoms with Crippen molar-refractivity contribution in [1.82, 2.24) is 4.90 Å². The molecule has 0 bridgehead atoms. The quantitative estimate of drug-likeness (QED) is 0.536. The van der Waals surface area contributed by atoms with Crippen molar-refractivity contribution in [2.45, 2.75) is 25.6 Å². The normalized spacial score (nSPS) is 14.0. The highest BCUT2D eigenvalue weighted by Crippen LogP contribution is 2.31. The van der Waals surface area contributed by atoms with Gasteiger partial charge in [-0.15, -0.1) is 0 Å². The molecule has 1 amide bonds. The second-order valence-corrected chi connectivity index (χ2v) is 7.96. The number of nitrogens with zero attached hydrogens (tertiary/aromatic N) is 1. The number of benzene rings is 4. The van der Waals surface area contributed by atoms with Gasteiger partial charge in [-0.1, -0.05) is 91.0 Å². The van der Waals surface area contributed by atoms with Crippen molar-refractivity contribution in [2.75, 3.05) is 0 Å². The first-order valence-electron chi connectivity index (χ1n) is 10.4. The topological polar surface area (TPSA) is 46.3 Å². The fraction of sp³-hybridized carbons (Fsp3) is 0.148. The van der Waals surface area contributed by atoms with Gasteiger partial charge in [-0.05, 0) is 45.0 Å². The fourth-order valence-electron chi connectivity index (χ4n) is 4.47. The summed E-state index contributed by atoms with van der Waals surface area (Å²) >= 11 is 0. The second-order valence-electron chi connectivity index (χ2n) is 7.96. The molecule has 3 nitrogen and oxygen atoms in total. The van der Waals surface area contributed by atoms with Crippen molar-refractivity contribution >= 4 is 16.7 Å². The first-order valence-corrected chi connectivity index (χ1v) is 10.4. The number of hydrogen-bond acceptors (Lipinski definition) is 2. The molecule has 0 spiro atoms. The van der Waals surface area contributed by atoms with E-state index in [-0.39, 0.29) is 5.91 Å². The van der Waals surface area contributed by atoms with E-state index in [1.54, 1.807) is 0 Å². The Kier molecular flexibility index (Phi) is 4.82. The Labute approximate surface area is 176 Å². The van der Waals surface area contributed by atoms with Crippen LogP contribution in [0.4, 0.5) is 0 Å². The monoisotopic (exact) mass is 392 g/mol. The third-order valence-electron chi connectivity index (χ3n) is 6.01. The van der Waals surface area contributed by atoms with Gasteiger partial charge in [-0.25, -0.2) is 0 Å². The molecule has 0 fully saturated rings. The highest BCUT2D eigenvalue weighted by atomic mass is 16.2. The predicted molar refractivity (Wildman–Crippen MR) is 122 cm³/mol. The van der Waals surface area contributed by atoms with E-state index in [0.29, 0.717) is 19.5 Å². The van der Waals surface area contributed by atoms with Gasteiger partial charge in [0.2, 0.25) is 5.91 Å². The molecule has 3 heteroatoms. The molecule has 1 aliphatic heterocycles. The summed E-state index contributed by atoms with van der Waals surface area (Å²) in [6.45, 7) is 1.30. The summed E-state index contributed by atoms with van der Waals surface area (Å²) < 4.78 is 0. The molecule has 1 aliphatic rings. The van der Waals surface area contributed by atoms with Gasteiger partial charge in [0, 0.05) is 13.1 Å². The Bertz CT molecular complexity index is 1190. The Morgan fingerprint density at radius 2 is 1.40 bits per heavy atom. The van der Waals surface area contributed by atoms with Gasteiger partial charge in [0.05, 0.1) is 6.04 Å². The maximum atomic E-state index is 13.0. The van der Waals surface area contributed by atoms with Crippen molar-refractivity contribution in [3.8, 4) is 11.1 Å². The van der Waals surface area contributed by atoms with Crippen LogP contribution >= 0.6 is 0 Å². The van der Waals surface area contributed by atoms with E-state index >= 15 is 0 Å². The lowest BCUT2D eigenvalue weighted by Gasteiger charge is -2.21. The van der Waals surface area contributed by atoms with Crippen LogP contribution in [-0.4, -0.2) is 16.8 Å². The van der Waals surface area contributed by atoms with Gasteiger partial charge in [0.15, 0.2) is 0 Å². The minimum absolute atomic E-state index is 0.0161. The fourth-order valence-corrected chi connectivity index (χ4v) is 4.47. The van der Waals surface area contributed by atoms with E-state index in [1.165, 1.54) is 27.6 Å². The van der Waals surface area contributed by atoms with Crippen LogP contribution in [-0.2, 0) is 24.3 Å². The highest BCUT2D eigenvalue weighted by Gasteiger charge is 2.27. The maximum Gasteiger partial charge on any atom is 0.240 e. The third-order valence-corrected chi connectivity index (χ3v) is 6.01. The molecular formula is C27H24N2O. The zero-order chi connectivity index (χ0) is 20.5. The number of hydrogen-bond donors (Lipinski definition) is 1. The molecule has 0 aromatic heterocycles. The summed E-state index contributed by atoms with van der Waals surface area (Å²) in [5, 5.41) is 2.35. The molecule has 2 N–H and O–H groups in total. The molecule has 1 atom stereocenters. The summed E-state index contributed by atoms with van der Waals surface area (Å²) in [7, 11) is 0. The van der Waals surface area contributed by atoms with Gasteiger partial charge >= 0.3 is 0 Å². The van der Waals surface area contributed by atoms with Gasteiger partial charge in [-0.3, -0.25) is 4.79 Å². The van der Waals surface area contributed by atoms with Gasteiger partial charge < -0.3 is 10.6 Å². The van der Waals surface area contributed by atoms with Crippen molar-refractivity contribution in [1.29, 1.82) is 0 Å². The van der Waals surface area contributed by atoms with Crippen LogP contribution in [0.3, 0.4) is 0 Å². The molecular weight excluding hydrogens is 368 g/mol. The average molecular weight is 393 g/mol. The molecule has 148 valence electrons. The van der Waals surface area contributed by atoms with Crippen LogP contribution in [0.25, 0.3) is 21.9 Å². The molecule has 4 aromatic rings. The van der Waals surface area contributed by atoms with Crippen LogP contribution in [0.2, 0.25) is 0 Å². The van der Waals surface area contributed by atoms with E-state index in [0.717, 1.165) is 10.9 Å². The van der Waals surface area contributed by atoms with Gasteiger partial charge in [-0.2, -0.15) is 0 Å². The van der Waals surface area contributed by atoms with Crippen LogP contribution < -0.4 is 5.73 Å². The lowest BCUT2D eigenvalue weighted by atomic mass is 9.93. The largest absolute Gasteiger partial charge is 0.333 e. The Hall–Kier alpha value is -3.43. The van der Waals surface area contributed by atoms with Crippen LogP contribution in [0, 0.1) is 0 Å². The summed E-state index contributed by atoms with van der Waals surface area (Å²) in [6.07, 6.45) is 0.529. The number of carbonyl (C=O) groups excluding carboxylic acids is 1. The Morgan fingerprint density at radius 1 is 0.767 bits per heavy atom. The van der Waals surface area contributed by atoms with Crippen molar-refractivity contribution < 1.29 is 4.79 Å².